The van der Waals surface area contributed by atoms with Gasteiger partial charge in [-0.25, -0.2) is 4.79 Å². The summed E-state index contributed by atoms with van der Waals surface area (Å²) in [6.45, 7) is 4.64. The molecule has 0 aromatic carbocycles. The lowest BCUT2D eigenvalue weighted by atomic mass is 10.1. The first-order valence-electron chi connectivity index (χ1n) is 6.41. The fraction of sp³-hybridized carbons (Fsp3) is 0.615. The van der Waals surface area contributed by atoms with Gasteiger partial charge in [-0.05, 0) is 25.5 Å². The van der Waals surface area contributed by atoms with E-state index in [2.05, 4.69) is 5.32 Å². The van der Waals surface area contributed by atoms with Crippen molar-refractivity contribution in [1.29, 1.82) is 0 Å². The molecule has 1 aromatic rings. The Kier molecular flexibility index (Phi) is 4.64. The molecule has 100 valence electrons. The maximum atomic E-state index is 11.9. The Morgan fingerprint density at radius 3 is 2.94 bits per heavy atom. The van der Waals surface area contributed by atoms with E-state index in [-0.39, 0.29) is 12.1 Å². The minimum absolute atomic E-state index is 0.00486. The molecule has 1 fully saturated rings. The third kappa shape index (κ3) is 3.77. The standard InChI is InChI=1S/C13H20N2O3/c1-11(4-5-12-3-2-8-18-12)14-13(16)15-6-9-17-10-7-15/h2-3,8,11H,4-7,9-10H2,1H3,(H,14,16)/t11-/m1/s1. The Morgan fingerprint density at radius 2 is 2.28 bits per heavy atom. The first-order valence-corrected chi connectivity index (χ1v) is 6.41. The van der Waals surface area contributed by atoms with Gasteiger partial charge < -0.3 is 19.4 Å². The van der Waals surface area contributed by atoms with Gasteiger partial charge in [-0.15, -0.1) is 0 Å². The largest absolute Gasteiger partial charge is 0.469 e. The normalized spacial score (nSPS) is 17.5. The molecule has 1 atom stereocenters. The van der Waals surface area contributed by atoms with E-state index in [0.717, 1.165) is 18.6 Å². The summed E-state index contributed by atoms with van der Waals surface area (Å²) in [5, 5.41) is 3.00. The van der Waals surface area contributed by atoms with Gasteiger partial charge >= 0.3 is 6.03 Å². The highest BCUT2D eigenvalue weighted by molar-refractivity contribution is 5.74. The van der Waals surface area contributed by atoms with Crippen molar-refractivity contribution in [3.8, 4) is 0 Å². The zero-order valence-corrected chi connectivity index (χ0v) is 10.7. The number of aryl methyl sites for hydroxylation is 1. The van der Waals surface area contributed by atoms with Crippen molar-refractivity contribution in [3.63, 3.8) is 0 Å². The van der Waals surface area contributed by atoms with Gasteiger partial charge in [0.05, 0.1) is 19.5 Å². The van der Waals surface area contributed by atoms with Crippen LogP contribution in [0.4, 0.5) is 4.79 Å². The zero-order valence-electron chi connectivity index (χ0n) is 10.7. The maximum absolute atomic E-state index is 11.9. The molecule has 1 aromatic heterocycles. The van der Waals surface area contributed by atoms with Crippen molar-refractivity contribution in [2.24, 2.45) is 0 Å². The molecule has 1 saturated heterocycles. The molecular formula is C13H20N2O3. The number of carbonyl (C=O) groups is 1. The van der Waals surface area contributed by atoms with Gasteiger partial charge in [0.25, 0.3) is 0 Å². The molecule has 0 bridgehead atoms. The van der Waals surface area contributed by atoms with Crippen molar-refractivity contribution in [2.75, 3.05) is 26.3 Å². The van der Waals surface area contributed by atoms with Crippen LogP contribution in [-0.2, 0) is 11.2 Å². The average Bonchev–Trinajstić information content (AvgIpc) is 2.90. The predicted molar refractivity (Wildman–Crippen MR) is 67.4 cm³/mol. The second-order valence-electron chi connectivity index (χ2n) is 4.57. The molecule has 0 spiro atoms. The Bertz CT molecular complexity index is 358. The highest BCUT2D eigenvalue weighted by Gasteiger charge is 2.18. The van der Waals surface area contributed by atoms with E-state index in [1.807, 2.05) is 19.1 Å². The number of hydrogen-bond donors (Lipinski definition) is 1. The van der Waals surface area contributed by atoms with Gasteiger partial charge in [0.15, 0.2) is 0 Å². The lowest BCUT2D eigenvalue weighted by Gasteiger charge is -2.28. The number of morpholine rings is 1. The summed E-state index contributed by atoms with van der Waals surface area (Å²) in [5.41, 5.74) is 0. The summed E-state index contributed by atoms with van der Waals surface area (Å²) in [5.74, 6) is 0.961. The zero-order chi connectivity index (χ0) is 12.8. The highest BCUT2D eigenvalue weighted by atomic mass is 16.5. The van der Waals surface area contributed by atoms with E-state index in [0.29, 0.717) is 26.3 Å². The minimum atomic E-state index is 0.00486. The van der Waals surface area contributed by atoms with E-state index in [4.69, 9.17) is 9.15 Å². The van der Waals surface area contributed by atoms with Crippen LogP contribution in [0.2, 0.25) is 0 Å². The van der Waals surface area contributed by atoms with Crippen molar-refractivity contribution in [1.82, 2.24) is 10.2 Å². The summed E-state index contributed by atoms with van der Waals surface area (Å²) in [7, 11) is 0. The Labute approximate surface area is 107 Å². The van der Waals surface area contributed by atoms with E-state index < -0.39 is 0 Å². The maximum Gasteiger partial charge on any atom is 0.317 e. The second-order valence-corrected chi connectivity index (χ2v) is 4.57. The van der Waals surface area contributed by atoms with E-state index in [1.54, 1.807) is 11.2 Å². The fourth-order valence-electron chi connectivity index (χ4n) is 1.95. The Hall–Kier alpha value is -1.49. The topological polar surface area (TPSA) is 54.7 Å². The van der Waals surface area contributed by atoms with Crippen LogP contribution in [0.25, 0.3) is 0 Å². The van der Waals surface area contributed by atoms with Crippen molar-refractivity contribution >= 4 is 6.03 Å². The minimum Gasteiger partial charge on any atom is -0.469 e. The van der Waals surface area contributed by atoms with Crippen molar-refractivity contribution < 1.29 is 13.9 Å². The molecule has 0 unspecified atom stereocenters. The number of nitrogens with one attached hydrogen (secondary N) is 1. The monoisotopic (exact) mass is 252 g/mol. The molecule has 5 nitrogen and oxygen atoms in total. The predicted octanol–water partition coefficient (Wildman–Crippen LogP) is 1.64. The summed E-state index contributed by atoms with van der Waals surface area (Å²) >= 11 is 0. The third-order valence-electron chi connectivity index (χ3n) is 3.07. The van der Waals surface area contributed by atoms with Crippen LogP contribution >= 0.6 is 0 Å². The quantitative estimate of drug-likeness (QED) is 0.886. The van der Waals surface area contributed by atoms with Crippen LogP contribution in [-0.4, -0.2) is 43.3 Å². The number of nitrogens with zero attached hydrogens (tertiary/aromatic N) is 1. The van der Waals surface area contributed by atoms with Gasteiger partial charge in [0, 0.05) is 25.6 Å². The number of urea groups is 1. The molecule has 1 aliphatic heterocycles. The number of ether oxygens (including phenoxy) is 1. The number of rotatable bonds is 4. The van der Waals surface area contributed by atoms with Crippen LogP contribution in [0.5, 0.6) is 0 Å². The SMILES string of the molecule is C[C@H](CCc1ccco1)NC(=O)N1CCOCC1. The van der Waals surface area contributed by atoms with Crippen LogP contribution in [0.15, 0.2) is 22.8 Å². The first kappa shape index (κ1) is 13.0. The van der Waals surface area contributed by atoms with E-state index in [9.17, 15) is 4.79 Å². The summed E-state index contributed by atoms with van der Waals surface area (Å²) in [6, 6.07) is 3.98. The molecule has 0 saturated carbocycles. The van der Waals surface area contributed by atoms with Gasteiger partial charge in [-0.1, -0.05) is 0 Å². The number of carbonyl (C=O) groups excluding carboxylic acids is 1. The van der Waals surface area contributed by atoms with E-state index in [1.165, 1.54) is 0 Å². The van der Waals surface area contributed by atoms with Crippen LogP contribution in [0, 0.1) is 0 Å². The molecule has 2 heterocycles. The van der Waals surface area contributed by atoms with Gasteiger partial charge in [0.1, 0.15) is 5.76 Å². The first-order chi connectivity index (χ1) is 8.75. The van der Waals surface area contributed by atoms with E-state index >= 15 is 0 Å². The Morgan fingerprint density at radius 1 is 1.50 bits per heavy atom. The Balaban J connectivity index is 1.69. The van der Waals surface area contributed by atoms with Crippen LogP contribution in [0.1, 0.15) is 19.1 Å². The average molecular weight is 252 g/mol. The van der Waals surface area contributed by atoms with Crippen LogP contribution < -0.4 is 5.32 Å². The lowest BCUT2D eigenvalue weighted by Crippen LogP contribution is -2.48. The summed E-state index contributed by atoms with van der Waals surface area (Å²) in [6.07, 6.45) is 3.40. The third-order valence-corrected chi connectivity index (χ3v) is 3.07. The lowest BCUT2D eigenvalue weighted by molar-refractivity contribution is 0.0525. The fourth-order valence-corrected chi connectivity index (χ4v) is 1.95. The number of furan rings is 1. The second kappa shape index (κ2) is 6.44. The summed E-state index contributed by atoms with van der Waals surface area (Å²) < 4.78 is 10.5. The molecule has 2 rings (SSSR count). The van der Waals surface area contributed by atoms with Gasteiger partial charge in [0.2, 0.25) is 0 Å². The van der Waals surface area contributed by atoms with Crippen LogP contribution in [0.3, 0.4) is 0 Å². The molecule has 0 aliphatic carbocycles. The van der Waals surface area contributed by atoms with Gasteiger partial charge in [-0.3, -0.25) is 0 Å². The molecule has 18 heavy (non-hydrogen) atoms. The summed E-state index contributed by atoms with van der Waals surface area (Å²) in [4.78, 5) is 13.7. The molecule has 1 aliphatic rings. The smallest absolute Gasteiger partial charge is 0.317 e. The highest BCUT2D eigenvalue weighted by Crippen LogP contribution is 2.06. The van der Waals surface area contributed by atoms with Gasteiger partial charge in [-0.2, -0.15) is 0 Å². The molecule has 2 amide bonds. The van der Waals surface area contributed by atoms with Crippen molar-refractivity contribution in [3.05, 3.63) is 24.2 Å². The molecule has 0 radical (unpaired) electrons. The number of amides is 2. The molecule has 1 N–H and O–H groups in total. The number of hydrogen-bond acceptors (Lipinski definition) is 3. The van der Waals surface area contributed by atoms with Crippen molar-refractivity contribution in [2.45, 2.75) is 25.8 Å². The molecular weight excluding hydrogens is 232 g/mol. The molecule has 5 heteroatoms.